The number of ether oxygens (including phenoxy) is 2. The number of pyridine rings is 1. The Hall–Kier alpha value is -3.35. The molecule has 2 aromatic heterocycles. The number of nitrogens with zero attached hydrogens (tertiary/aromatic N) is 2. The summed E-state index contributed by atoms with van der Waals surface area (Å²) in [5, 5.41) is 2.83. The van der Waals surface area contributed by atoms with Gasteiger partial charge in [-0.15, -0.1) is 0 Å². The first kappa shape index (κ1) is 18.4. The monoisotopic (exact) mass is 367 g/mol. The zero-order valence-electron chi connectivity index (χ0n) is 15.5. The van der Waals surface area contributed by atoms with Crippen molar-refractivity contribution in [1.82, 2.24) is 9.38 Å². The Morgan fingerprint density at radius 2 is 2.00 bits per heavy atom. The van der Waals surface area contributed by atoms with Crippen molar-refractivity contribution >= 4 is 23.2 Å². The number of carbonyl (C=O) groups is 2. The molecule has 3 aromatic rings. The van der Waals surface area contributed by atoms with E-state index < -0.39 is 5.97 Å². The second-order valence-corrected chi connectivity index (χ2v) is 5.79. The molecule has 0 aliphatic heterocycles. The highest BCUT2D eigenvalue weighted by Crippen LogP contribution is 2.24. The highest BCUT2D eigenvalue weighted by Gasteiger charge is 2.20. The van der Waals surface area contributed by atoms with E-state index in [2.05, 4.69) is 10.3 Å². The second-order valence-electron chi connectivity index (χ2n) is 5.79. The minimum Gasteiger partial charge on any atom is -0.490 e. The lowest BCUT2D eigenvalue weighted by Crippen LogP contribution is -2.16. The van der Waals surface area contributed by atoms with Crippen molar-refractivity contribution in [1.29, 1.82) is 0 Å². The molecular weight excluding hydrogens is 346 g/mol. The standard InChI is InChI=1S/C20H21N3O4/c1-4-15-17(23-11-7-10-16(27-5-2)18(23)22-15)19(24)21-14-9-6-8-13(12-14)20(25)26-3/h6-12H,4-5H2,1-3H3,(H,21,24). The molecule has 0 fully saturated rings. The van der Waals surface area contributed by atoms with Crippen LogP contribution in [0.25, 0.3) is 5.65 Å². The third-order valence-electron chi connectivity index (χ3n) is 4.08. The average molecular weight is 367 g/mol. The minimum atomic E-state index is -0.462. The number of nitrogens with one attached hydrogen (secondary N) is 1. The summed E-state index contributed by atoms with van der Waals surface area (Å²) in [4.78, 5) is 29.2. The van der Waals surface area contributed by atoms with Gasteiger partial charge in [0, 0.05) is 11.9 Å². The van der Waals surface area contributed by atoms with Crippen molar-refractivity contribution in [2.24, 2.45) is 0 Å². The molecule has 1 amide bonds. The predicted molar refractivity (Wildman–Crippen MR) is 101 cm³/mol. The summed E-state index contributed by atoms with van der Waals surface area (Å²) in [5.41, 5.74) is 2.58. The van der Waals surface area contributed by atoms with Gasteiger partial charge in [-0.05, 0) is 43.7 Å². The van der Waals surface area contributed by atoms with Crippen LogP contribution < -0.4 is 10.1 Å². The molecule has 0 saturated carbocycles. The van der Waals surface area contributed by atoms with Crippen LogP contribution in [0.5, 0.6) is 5.75 Å². The number of fused-ring (bicyclic) bond motifs is 1. The number of imidazole rings is 1. The summed E-state index contributed by atoms with van der Waals surface area (Å²) in [6.07, 6.45) is 2.38. The number of hydrogen-bond acceptors (Lipinski definition) is 5. The van der Waals surface area contributed by atoms with Crippen LogP contribution in [0.1, 0.15) is 40.4 Å². The van der Waals surface area contributed by atoms with Crippen LogP contribution in [-0.4, -0.2) is 35.0 Å². The van der Waals surface area contributed by atoms with Gasteiger partial charge in [0.05, 0.1) is 25.0 Å². The summed E-state index contributed by atoms with van der Waals surface area (Å²) in [6.45, 7) is 4.35. The third-order valence-corrected chi connectivity index (χ3v) is 4.08. The maximum absolute atomic E-state index is 13.0. The number of esters is 1. The van der Waals surface area contributed by atoms with Gasteiger partial charge in [0.2, 0.25) is 0 Å². The summed E-state index contributed by atoms with van der Waals surface area (Å²) in [5.74, 6) is -0.145. The molecule has 1 aromatic carbocycles. The molecule has 0 saturated heterocycles. The van der Waals surface area contributed by atoms with Crippen molar-refractivity contribution in [3.8, 4) is 5.75 Å². The Balaban J connectivity index is 1.98. The van der Waals surface area contributed by atoms with Gasteiger partial charge in [-0.2, -0.15) is 0 Å². The SMILES string of the molecule is CCOc1cccn2c(C(=O)Nc3cccc(C(=O)OC)c3)c(CC)nc12. The number of aromatic nitrogens is 2. The zero-order chi connectivity index (χ0) is 19.4. The Kier molecular flexibility index (Phi) is 5.40. The Morgan fingerprint density at radius 3 is 2.70 bits per heavy atom. The fraction of sp³-hybridized carbons (Fsp3) is 0.250. The van der Waals surface area contributed by atoms with E-state index in [-0.39, 0.29) is 5.91 Å². The smallest absolute Gasteiger partial charge is 0.337 e. The fourth-order valence-corrected chi connectivity index (χ4v) is 2.88. The largest absolute Gasteiger partial charge is 0.490 e. The number of rotatable bonds is 6. The van der Waals surface area contributed by atoms with Gasteiger partial charge < -0.3 is 14.8 Å². The van der Waals surface area contributed by atoms with E-state index >= 15 is 0 Å². The summed E-state index contributed by atoms with van der Waals surface area (Å²) < 4.78 is 12.1. The van der Waals surface area contributed by atoms with Crippen LogP contribution in [-0.2, 0) is 11.2 Å². The quantitative estimate of drug-likeness (QED) is 0.676. The van der Waals surface area contributed by atoms with Crippen LogP contribution in [0.3, 0.4) is 0 Å². The van der Waals surface area contributed by atoms with Gasteiger partial charge in [0.25, 0.3) is 5.91 Å². The number of benzene rings is 1. The summed E-state index contributed by atoms with van der Waals surface area (Å²) >= 11 is 0. The third kappa shape index (κ3) is 3.62. The number of aryl methyl sites for hydroxylation is 1. The molecule has 7 nitrogen and oxygen atoms in total. The van der Waals surface area contributed by atoms with E-state index in [1.54, 1.807) is 34.9 Å². The maximum Gasteiger partial charge on any atom is 0.337 e. The van der Waals surface area contributed by atoms with E-state index in [0.717, 1.165) is 0 Å². The fourth-order valence-electron chi connectivity index (χ4n) is 2.88. The summed E-state index contributed by atoms with van der Waals surface area (Å²) in [6, 6.07) is 10.2. The first-order chi connectivity index (χ1) is 13.1. The van der Waals surface area contributed by atoms with Crippen molar-refractivity contribution in [2.75, 3.05) is 19.0 Å². The first-order valence-corrected chi connectivity index (χ1v) is 8.71. The van der Waals surface area contributed by atoms with Gasteiger partial charge in [-0.3, -0.25) is 9.20 Å². The molecule has 0 unspecified atom stereocenters. The number of hydrogen-bond donors (Lipinski definition) is 1. The number of amides is 1. The molecule has 0 spiro atoms. The van der Waals surface area contributed by atoms with Crippen LogP contribution in [0, 0.1) is 0 Å². The minimum absolute atomic E-state index is 0.310. The van der Waals surface area contributed by atoms with Gasteiger partial charge >= 0.3 is 5.97 Å². The van der Waals surface area contributed by atoms with Crippen molar-refractivity contribution < 1.29 is 19.1 Å². The molecule has 0 atom stereocenters. The molecule has 0 bridgehead atoms. The first-order valence-electron chi connectivity index (χ1n) is 8.71. The molecule has 27 heavy (non-hydrogen) atoms. The molecule has 7 heteroatoms. The maximum atomic E-state index is 13.0. The van der Waals surface area contributed by atoms with Crippen LogP contribution >= 0.6 is 0 Å². The molecule has 0 radical (unpaired) electrons. The Bertz CT molecular complexity index is 994. The van der Waals surface area contributed by atoms with E-state index in [0.29, 0.717) is 47.1 Å². The lowest BCUT2D eigenvalue weighted by atomic mass is 10.2. The summed E-state index contributed by atoms with van der Waals surface area (Å²) in [7, 11) is 1.31. The lowest BCUT2D eigenvalue weighted by Gasteiger charge is -2.09. The molecule has 0 aliphatic rings. The van der Waals surface area contributed by atoms with Crippen LogP contribution in [0.15, 0.2) is 42.6 Å². The van der Waals surface area contributed by atoms with Gasteiger partial charge in [-0.25, -0.2) is 9.78 Å². The Labute approximate surface area is 156 Å². The van der Waals surface area contributed by atoms with E-state index in [9.17, 15) is 9.59 Å². The highest BCUT2D eigenvalue weighted by molar-refractivity contribution is 6.05. The topological polar surface area (TPSA) is 81.9 Å². The van der Waals surface area contributed by atoms with E-state index in [1.807, 2.05) is 26.0 Å². The predicted octanol–water partition coefficient (Wildman–Crippen LogP) is 3.33. The van der Waals surface area contributed by atoms with Gasteiger partial charge in [0.1, 0.15) is 5.69 Å². The van der Waals surface area contributed by atoms with Gasteiger partial charge in [-0.1, -0.05) is 13.0 Å². The molecule has 0 aliphatic carbocycles. The van der Waals surface area contributed by atoms with Crippen LogP contribution in [0.4, 0.5) is 5.69 Å². The van der Waals surface area contributed by atoms with E-state index in [1.165, 1.54) is 7.11 Å². The molecule has 3 rings (SSSR count). The van der Waals surface area contributed by atoms with Crippen molar-refractivity contribution in [3.63, 3.8) is 0 Å². The zero-order valence-corrected chi connectivity index (χ0v) is 15.5. The van der Waals surface area contributed by atoms with Crippen molar-refractivity contribution in [2.45, 2.75) is 20.3 Å². The molecule has 1 N–H and O–H groups in total. The highest BCUT2D eigenvalue weighted by atomic mass is 16.5. The number of anilines is 1. The van der Waals surface area contributed by atoms with Crippen molar-refractivity contribution in [3.05, 3.63) is 59.5 Å². The molecule has 2 heterocycles. The molecule has 140 valence electrons. The van der Waals surface area contributed by atoms with Gasteiger partial charge in [0.15, 0.2) is 11.4 Å². The average Bonchev–Trinajstić information content (AvgIpc) is 3.07. The normalized spacial score (nSPS) is 10.6. The number of methoxy groups -OCH3 is 1. The lowest BCUT2D eigenvalue weighted by molar-refractivity contribution is 0.0600. The second kappa shape index (κ2) is 7.90. The molecular formula is C20H21N3O4. The number of carbonyl (C=O) groups excluding carboxylic acids is 2. The van der Waals surface area contributed by atoms with Crippen LogP contribution in [0.2, 0.25) is 0 Å². The Morgan fingerprint density at radius 1 is 1.19 bits per heavy atom. The van der Waals surface area contributed by atoms with E-state index in [4.69, 9.17) is 9.47 Å².